The molecule has 18 heavy (non-hydrogen) atoms. The van der Waals surface area contributed by atoms with Gasteiger partial charge >= 0.3 is 0 Å². The molecule has 0 spiro atoms. The second-order valence-electron chi connectivity index (χ2n) is 3.66. The summed E-state index contributed by atoms with van der Waals surface area (Å²) in [5.74, 6) is -0.237. The van der Waals surface area contributed by atoms with Gasteiger partial charge in [0.1, 0.15) is 0 Å². The molecule has 4 nitrogen and oxygen atoms in total. The number of carbonyl (C=O) groups excluding carboxylic acids is 1. The van der Waals surface area contributed by atoms with Gasteiger partial charge < -0.3 is 10.4 Å². The predicted octanol–water partition coefficient (Wildman–Crippen LogP) is 2.59. The molecule has 0 saturated heterocycles. The summed E-state index contributed by atoms with van der Waals surface area (Å²) >= 11 is 3.31. The van der Waals surface area contributed by atoms with Crippen LogP contribution in [-0.2, 0) is 6.61 Å². The normalized spacial score (nSPS) is 10.1. The number of anilines is 1. The van der Waals surface area contributed by atoms with Crippen molar-refractivity contribution < 1.29 is 9.90 Å². The first-order valence-corrected chi connectivity index (χ1v) is 6.10. The van der Waals surface area contributed by atoms with Crippen molar-refractivity contribution >= 4 is 27.5 Å². The fourth-order valence-electron chi connectivity index (χ4n) is 1.50. The van der Waals surface area contributed by atoms with E-state index in [2.05, 4.69) is 26.2 Å². The number of aliphatic hydroxyl groups excluding tert-OH is 1. The van der Waals surface area contributed by atoms with Crippen molar-refractivity contribution in [3.63, 3.8) is 0 Å². The number of carbonyl (C=O) groups is 1. The largest absolute Gasteiger partial charge is 0.392 e. The number of hydrogen-bond donors (Lipinski definition) is 2. The highest BCUT2D eigenvalue weighted by Crippen LogP contribution is 2.16. The third-order valence-electron chi connectivity index (χ3n) is 2.42. The average molecular weight is 307 g/mol. The van der Waals surface area contributed by atoms with Crippen molar-refractivity contribution in [2.75, 3.05) is 5.32 Å². The van der Waals surface area contributed by atoms with Crippen LogP contribution in [0.4, 0.5) is 5.69 Å². The Hall–Kier alpha value is -1.72. The van der Waals surface area contributed by atoms with Crippen LogP contribution in [0.2, 0.25) is 0 Å². The van der Waals surface area contributed by atoms with Crippen LogP contribution in [0, 0.1) is 0 Å². The molecule has 5 heteroatoms. The zero-order valence-electron chi connectivity index (χ0n) is 9.43. The van der Waals surface area contributed by atoms with Gasteiger partial charge in [-0.1, -0.05) is 22.0 Å². The molecular weight excluding hydrogens is 296 g/mol. The number of nitrogens with zero attached hydrogens (tertiary/aromatic N) is 1. The number of pyridine rings is 1. The molecule has 0 radical (unpaired) electrons. The molecular formula is C13H11BrN2O2. The van der Waals surface area contributed by atoms with Crippen LogP contribution in [0.5, 0.6) is 0 Å². The second kappa shape index (κ2) is 5.75. The lowest BCUT2D eigenvalue weighted by Gasteiger charge is -2.08. The van der Waals surface area contributed by atoms with Crippen LogP contribution in [0.25, 0.3) is 0 Å². The first-order chi connectivity index (χ1) is 8.70. The van der Waals surface area contributed by atoms with Gasteiger partial charge in [0.2, 0.25) is 0 Å². The van der Waals surface area contributed by atoms with Crippen LogP contribution < -0.4 is 5.32 Å². The Morgan fingerprint density at radius 3 is 2.94 bits per heavy atom. The van der Waals surface area contributed by atoms with E-state index in [1.165, 1.54) is 6.20 Å². The van der Waals surface area contributed by atoms with Gasteiger partial charge in [0.05, 0.1) is 18.5 Å². The third kappa shape index (κ3) is 2.94. The van der Waals surface area contributed by atoms with E-state index in [-0.39, 0.29) is 12.5 Å². The van der Waals surface area contributed by atoms with Gasteiger partial charge in [0, 0.05) is 21.8 Å². The summed E-state index contributed by atoms with van der Waals surface area (Å²) in [7, 11) is 0. The van der Waals surface area contributed by atoms with E-state index >= 15 is 0 Å². The van der Waals surface area contributed by atoms with Crippen molar-refractivity contribution in [2.24, 2.45) is 0 Å². The fraction of sp³-hybridized carbons (Fsp3) is 0.0769. The zero-order valence-corrected chi connectivity index (χ0v) is 11.0. The smallest absolute Gasteiger partial charge is 0.255 e. The lowest BCUT2D eigenvalue weighted by Crippen LogP contribution is -2.13. The lowest BCUT2D eigenvalue weighted by molar-refractivity contribution is 0.102. The SMILES string of the molecule is O=C(Nc1cnccc1CO)c1cccc(Br)c1. The monoisotopic (exact) mass is 306 g/mol. The molecule has 92 valence electrons. The van der Waals surface area contributed by atoms with E-state index in [0.29, 0.717) is 16.8 Å². The van der Waals surface area contributed by atoms with Crippen LogP contribution >= 0.6 is 15.9 Å². The highest BCUT2D eigenvalue weighted by atomic mass is 79.9. The van der Waals surface area contributed by atoms with Crippen LogP contribution in [0.3, 0.4) is 0 Å². The molecule has 0 saturated carbocycles. The highest BCUT2D eigenvalue weighted by Gasteiger charge is 2.08. The molecule has 1 aromatic heterocycles. The predicted molar refractivity (Wildman–Crippen MR) is 72.3 cm³/mol. The number of nitrogens with one attached hydrogen (secondary N) is 1. The number of amides is 1. The molecule has 1 amide bonds. The maximum atomic E-state index is 12.0. The molecule has 2 aromatic rings. The molecule has 0 atom stereocenters. The maximum absolute atomic E-state index is 12.0. The Labute approximate surface area is 113 Å². The van der Waals surface area contributed by atoms with Crippen LogP contribution in [0.15, 0.2) is 47.2 Å². The summed E-state index contributed by atoms with van der Waals surface area (Å²) in [6, 6.07) is 8.74. The molecule has 0 fully saturated rings. The Morgan fingerprint density at radius 2 is 2.22 bits per heavy atom. The van der Waals surface area contributed by atoms with Gasteiger partial charge in [0.25, 0.3) is 5.91 Å². The van der Waals surface area contributed by atoms with Crippen molar-refractivity contribution in [1.29, 1.82) is 0 Å². The van der Waals surface area contributed by atoms with Gasteiger partial charge in [-0.3, -0.25) is 9.78 Å². The standard InChI is InChI=1S/C13H11BrN2O2/c14-11-3-1-2-9(6-11)13(18)16-12-7-15-5-4-10(12)8-17/h1-7,17H,8H2,(H,16,18). The molecule has 0 aliphatic carbocycles. The highest BCUT2D eigenvalue weighted by molar-refractivity contribution is 9.10. The first-order valence-electron chi connectivity index (χ1n) is 5.31. The van der Waals surface area contributed by atoms with Gasteiger partial charge in [-0.25, -0.2) is 0 Å². The Balaban J connectivity index is 2.21. The quantitative estimate of drug-likeness (QED) is 0.916. The number of hydrogen-bond acceptors (Lipinski definition) is 3. The Bertz CT molecular complexity index is 572. The number of rotatable bonds is 3. The lowest BCUT2D eigenvalue weighted by atomic mass is 10.2. The summed E-state index contributed by atoms with van der Waals surface area (Å²) < 4.78 is 0.837. The third-order valence-corrected chi connectivity index (χ3v) is 2.91. The second-order valence-corrected chi connectivity index (χ2v) is 4.57. The molecule has 0 unspecified atom stereocenters. The van der Waals surface area contributed by atoms with Gasteiger partial charge in [0.15, 0.2) is 0 Å². The number of aliphatic hydroxyl groups is 1. The van der Waals surface area contributed by atoms with Gasteiger partial charge in [-0.05, 0) is 24.3 Å². The van der Waals surface area contributed by atoms with E-state index < -0.39 is 0 Å². The fourth-order valence-corrected chi connectivity index (χ4v) is 1.90. The topological polar surface area (TPSA) is 62.2 Å². The van der Waals surface area contributed by atoms with E-state index in [1.54, 1.807) is 30.5 Å². The first kappa shape index (κ1) is 12.7. The Kier molecular flexibility index (Phi) is 4.07. The van der Waals surface area contributed by atoms with Crippen LogP contribution in [0.1, 0.15) is 15.9 Å². The van der Waals surface area contributed by atoms with Crippen molar-refractivity contribution in [3.05, 3.63) is 58.3 Å². The van der Waals surface area contributed by atoms with Gasteiger partial charge in [-0.2, -0.15) is 0 Å². The van der Waals surface area contributed by atoms with Gasteiger partial charge in [-0.15, -0.1) is 0 Å². The number of aromatic nitrogens is 1. The summed E-state index contributed by atoms with van der Waals surface area (Å²) in [6.07, 6.45) is 3.09. The van der Waals surface area contributed by atoms with Crippen LogP contribution in [-0.4, -0.2) is 16.0 Å². The van der Waals surface area contributed by atoms with Crippen molar-refractivity contribution in [1.82, 2.24) is 4.98 Å². The maximum Gasteiger partial charge on any atom is 0.255 e. The number of benzene rings is 1. The Morgan fingerprint density at radius 1 is 1.39 bits per heavy atom. The summed E-state index contributed by atoms with van der Waals surface area (Å²) in [5.41, 5.74) is 1.69. The molecule has 0 aliphatic heterocycles. The summed E-state index contributed by atoms with van der Waals surface area (Å²) in [4.78, 5) is 15.9. The number of halogens is 1. The minimum Gasteiger partial charge on any atom is -0.392 e. The van der Waals surface area contributed by atoms with E-state index in [0.717, 1.165) is 4.47 Å². The van der Waals surface area contributed by atoms with E-state index in [1.807, 2.05) is 6.07 Å². The molecule has 1 aromatic carbocycles. The average Bonchev–Trinajstić information content (AvgIpc) is 2.39. The minimum absolute atomic E-state index is 0.142. The summed E-state index contributed by atoms with van der Waals surface area (Å²) in [6.45, 7) is -0.142. The molecule has 2 N–H and O–H groups in total. The molecule has 1 heterocycles. The molecule has 0 aliphatic rings. The molecule has 2 rings (SSSR count). The van der Waals surface area contributed by atoms with Crippen molar-refractivity contribution in [2.45, 2.75) is 6.61 Å². The van der Waals surface area contributed by atoms with Crippen molar-refractivity contribution in [3.8, 4) is 0 Å². The summed E-state index contributed by atoms with van der Waals surface area (Å²) in [5, 5.41) is 11.9. The minimum atomic E-state index is -0.237. The van der Waals surface area contributed by atoms with E-state index in [4.69, 9.17) is 5.11 Å². The molecule has 0 bridgehead atoms. The zero-order chi connectivity index (χ0) is 13.0. The van der Waals surface area contributed by atoms with E-state index in [9.17, 15) is 4.79 Å².